The molecule has 0 saturated carbocycles. The second-order valence-corrected chi connectivity index (χ2v) is 5.66. The van der Waals surface area contributed by atoms with Gasteiger partial charge in [0, 0.05) is 0 Å². The number of hydrogen-bond acceptors (Lipinski definition) is 2. The van der Waals surface area contributed by atoms with Gasteiger partial charge in [0.05, 0.1) is 6.04 Å². The van der Waals surface area contributed by atoms with Crippen molar-refractivity contribution in [1.82, 2.24) is 5.32 Å². The molecule has 0 aliphatic heterocycles. The monoisotopic (exact) mass is 283 g/mol. The van der Waals surface area contributed by atoms with Gasteiger partial charge in [-0.15, -0.1) is 0 Å². The summed E-state index contributed by atoms with van der Waals surface area (Å²) >= 11 is 0. The predicted octanol–water partition coefficient (Wildman–Crippen LogP) is 4.26. The first kappa shape index (κ1) is 15.6. The van der Waals surface area contributed by atoms with E-state index in [2.05, 4.69) is 69.4 Å². The molecule has 1 atom stereocenters. The molecule has 0 fully saturated rings. The number of benzene rings is 2. The van der Waals surface area contributed by atoms with E-state index in [0.29, 0.717) is 6.61 Å². The lowest BCUT2D eigenvalue weighted by molar-refractivity contribution is 0.269. The number of rotatable bonds is 5. The summed E-state index contributed by atoms with van der Waals surface area (Å²) < 4.78 is 6.15. The molecule has 0 aliphatic rings. The molecular formula is C19H25NO. The molecule has 2 aromatic carbocycles. The quantitative estimate of drug-likeness (QED) is 0.885. The van der Waals surface area contributed by atoms with Crippen molar-refractivity contribution >= 4 is 0 Å². The van der Waals surface area contributed by atoms with E-state index in [4.69, 9.17) is 4.74 Å². The second-order valence-electron chi connectivity index (χ2n) is 5.66. The van der Waals surface area contributed by atoms with E-state index in [1.54, 1.807) is 0 Å². The van der Waals surface area contributed by atoms with Crippen LogP contribution < -0.4 is 10.1 Å². The van der Waals surface area contributed by atoms with Crippen molar-refractivity contribution in [2.24, 2.45) is 0 Å². The molecule has 0 aliphatic carbocycles. The van der Waals surface area contributed by atoms with Crippen LogP contribution in [0.1, 0.15) is 33.9 Å². The highest BCUT2D eigenvalue weighted by atomic mass is 16.5. The maximum Gasteiger partial charge on any atom is 0.125 e. The average Bonchev–Trinajstić information content (AvgIpc) is 2.48. The van der Waals surface area contributed by atoms with E-state index in [0.717, 1.165) is 5.75 Å². The van der Waals surface area contributed by atoms with Gasteiger partial charge in [0.15, 0.2) is 0 Å². The first-order chi connectivity index (χ1) is 10.0. The molecule has 2 aromatic rings. The van der Waals surface area contributed by atoms with Crippen molar-refractivity contribution in [3.05, 3.63) is 64.2 Å². The van der Waals surface area contributed by atoms with E-state index in [-0.39, 0.29) is 6.04 Å². The Bertz CT molecular complexity index is 619. The van der Waals surface area contributed by atoms with E-state index >= 15 is 0 Å². The highest BCUT2D eigenvalue weighted by molar-refractivity contribution is 5.44. The summed E-state index contributed by atoms with van der Waals surface area (Å²) in [5, 5.41) is 3.36. The third kappa shape index (κ3) is 3.45. The van der Waals surface area contributed by atoms with Gasteiger partial charge in [-0.2, -0.15) is 0 Å². The molecule has 0 spiro atoms. The smallest absolute Gasteiger partial charge is 0.125 e. The normalized spacial score (nSPS) is 12.2. The van der Waals surface area contributed by atoms with Crippen molar-refractivity contribution in [2.75, 3.05) is 13.7 Å². The van der Waals surface area contributed by atoms with Gasteiger partial charge in [-0.1, -0.05) is 36.4 Å². The molecule has 0 aromatic heterocycles. The Morgan fingerprint density at radius 2 is 1.57 bits per heavy atom. The molecule has 1 N–H and O–H groups in total. The van der Waals surface area contributed by atoms with E-state index in [1.807, 2.05) is 7.05 Å². The van der Waals surface area contributed by atoms with Crippen molar-refractivity contribution < 1.29 is 4.74 Å². The molecular weight excluding hydrogens is 258 g/mol. The van der Waals surface area contributed by atoms with E-state index in [9.17, 15) is 0 Å². The minimum atomic E-state index is 0.200. The lowest BCUT2D eigenvalue weighted by Crippen LogP contribution is -2.24. The van der Waals surface area contributed by atoms with Gasteiger partial charge >= 0.3 is 0 Å². The number of ether oxygens (including phenoxy) is 1. The minimum Gasteiger partial charge on any atom is -0.491 e. The molecule has 0 amide bonds. The van der Waals surface area contributed by atoms with Gasteiger partial charge < -0.3 is 10.1 Å². The van der Waals surface area contributed by atoms with Crippen molar-refractivity contribution in [1.29, 1.82) is 0 Å². The van der Waals surface area contributed by atoms with Crippen molar-refractivity contribution in [3.8, 4) is 5.75 Å². The van der Waals surface area contributed by atoms with Gasteiger partial charge in [0.1, 0.15) is 12.4 Å². The number of aryl methyl sites for hydroxylation is 3. The van der Waals surface area contributed by atoms with E-state index < -0.39 is 0 Å². The predicted molar refractivity (Wildman–Crippen MR) is 89.1 cm³/mol. The fraction of sp³-hybridized carbons (Fsp3) is 0.368. The molecule has 2 heteroatoms. The highest BCUT2D eigenvalue weighted by Gasteiger charge is 2.14. The fourth-order valence-corrected chi connectivity index (χ4v) is 2.62. The van der Waals surface area contributed by atoms with Crippen LogP contribution in [-0.2, 0) is 0 Å². The maximum absolute atomic E-state index is 6.15. The van der Waals surface area contributed by atoms with Crippen LogP contribution in [0.15, 0.2) is 36.4 Å². The molecule has 0 bridgehead atoms. The van der Waals surface area contributed by atoms with Gasteiger partial charge in [-0.05, 0) is 62.6 Å². The lowest BCUT2D eigenvalue weighted by Gasteiger charge is -2.21. The number of nitrogens with one attached hydrogen (secondary N) is 1. The number of hydrogen-bond donors (Lipinski definition) is 1. The zero-order chi connectivity index (χ0) is 15.4. The molecule has 0 saturated heterocycles. The highest BCUT2D eigenvalue weighted by Crippen LogP contribution is 2.27. The van der Waals surface area contributed by atoms with Crippen LogP contribution >= 0.6 is 0 Å². The van der Waals surface area contributed by atoms with Crippen LogP contribution in [0.2, 0.25) is 0 Å². The number of likely N-dealkylation sites (N-methyl/N-ethyl adjacent to an activating group) is 1. The lowest BCUT2D eigenvalue weighted by atomic mass is 10.0. The topological polar surface area (TPSA) is 21.3 Å². The first-order valence-corrected chi connectivity index (χ1v) is 7.47. The minimum absolute atomic E-state index is 0.200. The summed E-state index contributed by atoms with van der Waals surface area (Å²) in [6.07, 6.45) is 0. The molecule has 2 nitrogen and oxygen atoms in total. The molecule has 21 heavy (non-hydrogen) atoms. The van der Waals surface area contributed by atoms with Gasteiger partial charge in [-0.3, -0.25) is 0 Å². The van der Waals surface area contributed by atoms with Crippen LogP contribution in [-0.4, -0.2) is 13.7 Å². The average molecular weight is 283 g/mol. The third-order valence-electron chi connectivity index (χ3n) is 4.18. The Morgan fingerprint density at radius 1 is 0.905 bits per heavy atom. The molecule has 0 radical (unpaired) electrons. The van der Waals surface area contributed by atoms with Gasteiger partial charge in [-0.25, -0.2) is 0 Å². The van der Waals surface area contributed by atoms with Crippen LogP contribution in [0, 0.1) is 27.7 Å². The second kappa shape index (κ2) is 6.77. The zero-order valence-corrected chi connectivity index (χ0v) is 13.7. The Hall–Kier alpha value is -1.80. The zero-order valence-electron chi connectivity index (χ0n) is 13.7. The fourth-order valence-electron chi connectivity index (χ4n) is 2.62. The Balaban J connectivity index is 2.19. The molecule has 2 rings (SSSR count). The van der Waals surface area contributed by atoms with E-state index in [1.165, 1.54) is 27.8 Å². The third-order valence-corrected chi connectivity index (χ3v) is 4.18. The van der Waals surface area contributed by atoms with Gasteiger partial charge in [0.2, 0.25) is 0 Å². The largest absolute Gasteiger partial charge is 0.491 e. The summed E-state index contributed by atoms with van der Waals surface area (Å²) in [4.78, 5) is 0. The summed E-state index contributed by atoms with van der Waals surface area (Å²) in [7, 11) is 1.98. The summed E-state index contributed by atoms with van der Waals surface area (Å²) in [5.41, 5.74) is 6.28. The maximum atomic E-state index is 6.15. The molecule has 0 heterocycles. The summed E-state index contributed by atoms with van der Waals surface area (Å²) in [5.74, 6) is 1.02. The van der Waals surface area contributed by atoms with Crippen molar-refractivity contribution in [2.45, 2.75) is 33.7 Å². The Kier molecular flexibility index (Phi) is 5.03. The standard InChI is InChI=1S/C19H25NO/c1-13-10-11-15(3)19(16(13)4)21-12-18(20-5)17-9-7-6-8-14(17)2/h6-11,18,20H,12H2,1-5H3. The van der Waals surface area contributed by atoms with Crippen LogP contribution in [0.3, 0.4) is 0 Å². The summed E-state index contributed by atoms with van der Waals surface area (Å²) in [6.45, 7) is 9.12. The SMILES string of the molecule is CNC(COc1c(C)ccc(C)c1C)c1ccccc1C. The summed E-state index contributed by atoms with van der Waals surface area (Å²) in [6, 6.07) is 12.9. The van der Waals surface area contributed by atoms with Crippen LogP contribution in [0.5, 0.6) is 5.75 Å². The Labute approximate surface area is 128 Å². The molecule has 112 valence electrons. The van der Waals surface area contributed by atoms with Crippen LogP contribution in [0.4, 0.5) is 0 Å². The first-order valence-electron chi connectivity index (χ1n) is 7.47. The molecule has 1 unspecified atom stereocenters. The van der Waals surface area contributed by atoms with Gasteiger partial charge in [0.25, 0.3) is 0 Å². The Morgan fingerprint density at radius 3 is 2.24 bits per heavy atom. The van der Waals surface area contributed by atoms with Crippen LogP contribution in [0.25, 0.3) is 0 Å². The van der Waals surface area contributed by atoms with Crippen molar-refractivity contribution in [3.63, 3.8) is 0 Å².